The summed E-state index contributed by atoms with van der Waals surface area (Å²) in [5, 5.41) is 0. The van der Waals surface area contributed by atoms with Crippen LogP contribution in [0, 0.1) is 0 Å². The van der Waals surface area contributed by atoms with Crippen LogP contribution in [0.15, 0.2) is 18.2 Å². The third-order valence-corrected chi connectivity index (χ3v) is 2.70. The van der Waals surface area contributed by atoms with Gasteiger partial charge in [-0.1, -0.05) is 0 Å². The van der Waals surface area contributed by atoms with Gasteiger partial charge in [0, 0.05) is 18.7 Å². The van der Waals surface area contributed by atoms with Gasteiger partial charge in [-0.25, -0.2) is 0 Å². The average molecular weight is 275 g/mol. The molecule has 1 aliphatic rings. The lowest BCUT2D eigenvalue weighted by Crippen LogP contribution is -2.36. The van der Waals surface area contributed by atoms with Crippen LogP contribution in [-0.2, 0) is 4.74 Å². The maximum atomic E-state index is 12.3. The third kappa shape index (κ3) is 3.60. The Bertz CT molecular complexity index is 456. The quantitative estimate of drug-likeness (QED) is 0.793. The van der Waals surface area contributed by atoms with Crippen LogP contribution in [-0.4, -0.2) is 39.0 Å². The Kier molecular flexibility index (Phi) is 3.94. The van der Waals surface area contributed by atoms with Crippen LogP contribution in [0.25, 0.3) is 0 Å². The zero-order chi connectivity index (χ0) is 13.9. The normalized spacial score (nSPS) is 16.3. The SMILES string of the molecule is O=Cc1ccc(OC(F)(F)F)c(N2CCOCC2)c1. The number of nitrogens with zero attached hydrogens (tertiary/aromatic N) is 1. The molecule has 0 spiro atoms. The highest BCUT2D eigenvalue weighted by Crippen LogP contribution is 2.34. The van der Waals surface area contributed by atoms with E-state index in [0.717, 1.165) is 6.07 Å². The highest BCUT2D eigenvalue weighted by Gasteiger charge is 2.33. The predicted molar refractivity (Wildman–Crippen MR) is 61.5 cm³/mol. The molecular formula is C12H12F3NO3. The van der Waals surface area contributed by atoms with Crippen molar-refractivity contribution in [2.45, 2.75) is 6.36 Å². The molecule has 0 saturated carbocycles. The second kappa shape index (κ2) is 5.48. The van der Waals surface area contributed by atoms with Gasteiger partial charge in [-0.05, 0) is 18.2 Å². The monoisotopic (exact) mass is 275 g/mol. The Morgan fingerprint density at radius 2 is 1.95 bits per heavy atom. The fourth-order valence-corrected chi connectivity index (χ4v) is 1.87. The first kappa shape index (κ1) is 13.7. The van der Waals surface area contributed by atoms with Gasteiger partial charge in [0.1, 0.15) is 6.29 Å². The molecule has 0 bridgehead atoms. The Morgan fingerprint density at radius 3 is 2.53 bits per heavy atom. The van der Waals surface area contributed by atoms with Crippen LogP contribution in [0.5, 0.6) is 5.75 Å². The van der Waals surface area contributed by atoms with Crippen LogP contribution >= 0.6 is 0 Å². The molecular weight excluding hydrogens is 263 g/mol. The summed E-state index contributed by atoms with van der Waals surface area (Å²) in [7, 11) is 0. The number of ether oxygens (including phenoxy) is 2. The molecule has 104 valence electrons. The summed E-state index contributed by atoms with van der Waals surface area (Å²) in [5.74, 6) is -0.306. The molecule has 0 amide bonds. The number of morpholine rings is 1. The van der Waals surface area contributed by atoms with E-state index in [-0.39, 0.29) is 11.4 Å². The Hall–Kier alpha value is -1.76. The highest BCUT2D eigenvalue weighted by molar-refractivity contribution is 5.79. The van der Waals surface area contributed by atoms with Gasteiger partial charge in [0.2, 0.25) is 0 Å². The maximum absolute atomic E-state index is 12.3. The summed E-state index contributed by atoms with van der Waals surface area (Å²) in [6, 6.07) is 3.83. The molecule has 1 aromatic carbocycles. The van der Waals surface area contributed by atoms with Gasteiger partial charge in [0.25, 0.3) is 0 Å². The van der Waals surface area contributed by atoms with E-state index < -0.39 is 6.36 Å². The molecule has 1 saturated heterocycles. The second-order valence-corrected chi connectivity index (χ2v) is 3.99. The van der Waals surface area contributed by atoms with Crippen molar-refractivity contribution in [2.24, 2.45) is 0 Å². The molecule has 7 heteroatoms. The van der Waals surface area contributed by atoms with E-state index in [0.29, 0.717) is 38.2 Å². The van der Waals surface area contributed by atoms with Crippen molar-refractivity contribution in [3.8, 4) is 5.75 Å². The lowest BCUT2D eigenvalue weighted by Gasteiger charge is -2.30. The maximum Gasteiger partial charge on any atom is 0.573 e. The lowest BCUT2D eigenvalue weighted by atomic mass is 10.1. The third-order valence-electron chi connectivity index (χ3n) is 2.70. The van der Waals surface area contributed by atoms with E-state index >= 15 is 0 Å². The van der Waals surface area contributed by atoms with Crippen LogP contribution in [0.1, 0.15) is 10.4 Å². The van der Waals surface area contributed by atoms with Crippen molar-refractivity contribution in [3.63, 3.8) is 0 Å². The standard InChI is InChI=1S/C12H12F3NO3/c13-12(14,15)19-11-2-1-9(8-17)7-10(11)16-3-5-18-6-4-16/h1-2,7-8H,3-6H2. The van der Waals surface area contributed by atoms with E-state index in [2.05, 4.69) is 4.74 Å². The number of benzene rings is 1. The first-order valence-electron chi connectivity index (χ1n) is 5.67. The molecule has 0 unspecified atom stereocenters. The summed E-state index contributed by atoms with van der Waals surface area (Å²) < 4.78 is 46.1. The van der Waals surface area contributed by atoms with Crippen molar-refractivity contribution in [3.05, 3.63) is 23.8 Å². The molecule has 1 fully saturated rings. The average Bonchev–Trinajstić information content (AvgIpc) is 2.38. The van der Waals surface area contributed by atoms with Crippen LogP contribution in [0.3, 0.4) is 0 Å². The number of carbonyl (C=O) groups is 1. The minimum atomic E-state index is -4.76. The van der Waals surface area contributed by atoms with Crippen LogP contribution < -0.4 is 9.64 Å². The van der Waals surface area contributed by atoms with Gasteiger partial charge in [-0.2, -0.15) is 0 Å². The molecule has 1 aromatic rings. The van der Waals surface area contributed by atoms with E-state index in [9.17, 15) is 18.0 Å². The van der Waals surface area contributed by atoms with E-state index in [1.807, 2.05) is 0 Å². The Balaban J connectivity index is 2.32. The van der Waals surface area contributed by atoms with Gasteiger partial charge in [0.05, 0.1) is 18.9 Å². The zero-order valence-corrected chi connectivity index (χ0v) is 9.94. The molecule has 0 atom stereocenters. The number of anilines is 1. The van der Waals surface area contributed by atoms with Gasteiger partial charge in [-0.15, -0.1) is 13.2 Å². The molecule has 1 aliphatic heterocycles. The number of carbonyl (C=O) groups excluding carboxylic acids is 1. The summed E-state index contributed by atoms with van der Waals surface area (Å²) in [6.07, 6.45) is -4.18. The lowest BCUT2D eigenvalue weighted by molar-refractivity contribution is -0.274. The van der Waals surface area contributed by atoms with Crippen molar-refractivity contribution in [2.75, 3.05) is 31.2 Å². The fraction of sp³-hybridized carbons (Fsp3) is 0.417. The van der Waals surface area contributed by atoms with E-state index in [4.69, 9.17) is 4.74 Å². The zero-order valence-electron chi connectivity index (χ0n) is 9.94. The number of aldehydes is 1. The number of halogens is 3. The van der Waals surface area contributed by atoms with Gasteiger partial charge >= 0.3 is 6.36 Å². The summed E-state index contributed by atoms with van der Waals surface area (Å²) in [5.41, 5.74) is 0.557. The predicted octanol–water partition coefficient (Wildman–Crippen LogP) is 2.23. The van der Waals surface area contributed by atoms with Gasteiger partial charge < -0.3 is 14.4 Å². The molecule has 0 aliphatic carbocycles. The molecule has 0 aromatic heterocycles. The molecule has 2 rings (SSSR count). The van der Waals surface area contributed by atoms with Crippen molar-refractivity contribution < 1.29 is 27.4 Å². The Morgan fingerprint density at radius 1 is 1.26 bits per heavy atom. The molecule has 1 heterocycles. The molecule has 4 nitrogen and oxygen atoms in total. The number of rotatable bonds is 3. The van der Waals surface area contributed by atoms with Gasteiger partial charge in [0.15, 0.2) is 5.75 Å². The summed E-state index contributed by atoms with van der Waals surface area (Å²) in [6.45, 7) is 1.76. The largest absolute Gasteiger partial charge is 0.573 e. The summed E-state index contributed by atoms with van der Waals surface area (Å²) in [4.78, 5) is 12.4. The van der Waals surface area contributed by atoms with Crippen molar-refractivity contribution in [1.29, 1.82) is 0 Å². The van der Waals surface area contributed by atoms with E-state index in [1.165, 1.54) is 12.1 Å². The molecule has 19 heavy (non-hydrogen) atoms. The highest BCUT2D eigenvalue weighted by atomic mass is 19.4. The minimum Gasteiger partial charge on any atom is -0.404 e. The van der Waals surface area contributed by atoms with Crippen molar-refractivity contribution in [1.82, 2.24) is 0 Å². The second-order valence-electron chi connectivity index (χ2n) is 3.99. The van der Waals surface area contributed by atoms with E-state index in [1.54, 1.807) is 4.90 Å². The summed E-state index contributed by atoms with van der Waals surface area (Å²) >= 11 is 0. The smallest absolute Gasteiger partial charge is 0.404 e. The molecule has 0 radical (unpaired) electrons. The minimum absolute atomic E-state index is 0.255. The Labute approximate surface area is 107 Å². The topological polar surface area (TPSA) is 38.8 Å². The van der Waals surface area contributed by atoms with Crippen molar-refractivity contribution >= 4 is 12.0 Å². The number of alkyl halides is 3. The fourth-order valence-electron chi connectivity index (χ4n) is 1.87. The van der Waals surface area contributed by atoms with Crippen LogP contribution in [0.4, 0.5) is 18.9 Å². The number of hydrogen-bond donors (Lipinski definition) is 0. The first-order valence-corrected chi connectivity index (χ1v) is 5.67. The number of hydrogen-bond acceptors (Lipinski definition) is 4. The first-order chi connectivity index (χ1) is 8.99. The van der Waals surface area contributed by atoms with Crippen LogP contribution in [0.2, 0.25) is 0 Å². The molecule has 0 N–H and O–H groups in total. The van der Waals surface area contributed by atoms with Gasteiger partial charge in [-0.3, -0.25) is 4.79 Å².